The first-order valence-electron chi connectivity index (χ1n) is 7.67. The number of hydrogen-bond acceptors (Lipinski definition) is 5. The zero-order valence-electron chi connectivity index (χ0n) is 13.1. The minimum absolute atomic E-state index is 0.0588. The lowest BCUT2D eigenvalue weighted by molar-refractivity contribution is 0.0983. The van der Waals surface area contributed by atoms with Crippen LogP contribution >= 0.6 is 0 Å². The summed E-state index contributed by atoms with van der Waals surface area (Å²) < 4.78 is 18.2. The molecule has 0 aliphatic carbocycles. The molecule has 2 aromatic heterocycles. The van der Waals surface area contributed by atoms with Crippen LogP contribution in [0.4, 0.5) is 0 Å². The van der Waals surface area contributed by atoms with E-state index in [4.69, 9.17) is 13.9 Å². The second-order valence-electron chi connectivity index (χ2n) is 5.60. The van der Waals surface area contributed by atoms with Gasteiger partial charge in [-0.3, -0.25) is 4.68 Å². The molecule has 0 spiro atoms. The molecule has 0 amide bonds. The average Bonchev–Trinajstić information content (AvgIpc) is 3.23. The third-order valence-electron chi connectivity index (χ3n) is 4.12. The van der Waals surface area contributed by atoms with E-state index in [0.29, 0.717) is 12.6 Å². The summed E-state index contributed by atoms with van der Waals surface area (Å²) in [4.78, 5) is 0. The van der Waals surface area contributed by atoms with Crippen molar-refractivity contribution >= 4 is 0 Å². The molecule has 1 aliphatic heterocycles. The van der Waals surface area contributed by atoms with Gasteiger partial charge in [-0.15, -0.1) is 0 Å². The van der Waals surface area contributed by atoms with Crippen molar-refractivity contribution in [1.29, 1.82) is 0 Å². The summed E-state index contributed by atoms with van der Waals surface area (Å²) in [5.41, 5.74) is 2.32. The van der Waals surface area contributed by atoms with Gasteiger partial charge in [-0.2, -0.15) is 5.10 Å². The number of nitrogens with zero attached hydrogens (tertiary/aromatic N) is 2. The maximum Gasteiger partial charge on any atom is 0.105 e. The first kappa shape index (κ1) is 15.3. The summed E-state index contributed by atoms with van der Waals surface area (Å²) in [6, 6.07) is 2.31. The number of aryl methyl sites for hydroxylation is 1. The third kappa shape index (κ3) is 3.40. The second kappa shape index (κ2) is 7.09. The molecule has 0 unspecified atom stereocenters. The maximum absolute atomic E-state index is 5.90. The first-order chi connectivity index (χ1) is 10.8. The Labute approximate surface area is 130 Å². The largest absolute Gasteiger partial charge is 0.469 e. The molecule has 0 saturated carbocycles. The van der Waals surface area contributed by atoms with Gasteiger partial charge in [0.2, 0.25) is 0 Å². The zero-order chi connectivity index (χ0) is 15.4. The Hall–Kier alpha value is -1.63. The van der Waals surface area contributed by atoms with Crippen molar-refractivity contribution in [3.63, 3.8) is 0 Å². The van der Waals surface area contributed by atoms with Gasteiger partial charge in [-0.1, -0.05) is 0 Å². The van der Waals surface area contributed by atoms with Crippen LogP contribution in [0, 0.1) is 6.92 Å². The molecule has 1 aliphatic rings. The van der Waals surface area contributed by atoms with Crippen LogP contribution in [0.2, 0.25) is 0 Å². The first-order valence-corrected chi connectivity index (χ1v) is 7.67. The van der Waals surface area contributed by atoms with Crippen molar-refractivity contribution in [2.45, 2.75) is 38.6 Å². The molecule has 6 heteroatoms. The Morgan fingerprint density at radius 1 is 1.50 bits per heavy atom. The fourth-order valence-corrected chi connectivity index (χ4v) is 2.80. The van der Waals surface area contributed by atoms with Gasteiger partial charge in [0.05, 0.1) is 25.6 Å². The number of furan rings is 1. The minimum atomic E-state index is 0.0588. The molecule has 3 rings (SSSR count). The second-order valence-corrected chi connectivity index (χ2v) is 5.60. The normalized spacial score (nSPS) is 21.5. The molecule has 0 aromatic carbocycles. The van der Waals surface area contributed by atoms with Gasteiger partial charge in [-0.25, -0.2) is 0 Å². The molecule has 6 nitrogen and oxygen atoms in total. The van der Waals surface area contributed by atoms with Crippen LogP contribution in [0.1, 0.15) is 29.4 Å². The monoisotopic (exact) mass is 305 g/mol. The van der Waals surface area contributed by atoms with E-state index in [2.05, 4.69) is 10.4 Å². The Morgan fingerprint density at radius 2 is 2.41 bits per heavy atom. The van der Waals surface area contributed by atoms with Gasteiger partial charge in [0.25, 0.3) is 0 Å². The molecule has 0 bridgehead atoms. The number of nitrogens with one attached hydrogen (secondary N) is 1. The topological polar surface area (TPSA) is 61.5 Å². The highest BCUT2D eigenvalue weighted by Crippen LogP contribution is 2.29. The summed E-state index contributed by atoms with van der Waals surface area (Å²) >= 11 is 0. The van der Waals surface area contributed by atoms with E-state index >= 15 is 0 Å². The van der Waals surface area contributed by atoms with Gasteiger partial charge in [0, 0.05) is 43.6 Å². The van der Waals surface area contributed by atoms with Crippen LogP contribution < -0.4 is 5.32 Å². The predicted octanol–water partition coefficient (Wildman–Crippen LogP) is 2.05. The molecular weight excluding hydrogens is 282 g/mol. The van der Waals surface area contributed by atoms with E-state index in [0.717, 1.165) is 37.4 Å². The Morgan fingerprint density at radius 3 is 3.18 bits per heavy atom. The van der Waals surface area contributed by atoms with Crippen molar-refractivity contribution in [1.82, 2.24) is 15.1 Å². The van der Waals surface area contributed by atoms with Crippen molar-refractivity contribution in [3.8, 4) is 0 Å². The van der Waals surface area contributed by atoms with Crippen molar-refractivity contribution < 1.29 is 13.9 Å². The van der Waals surface area contributed by atoms with E-state index in [1.807, 2.05) is 30.1 Å². The maximum atomic E-state index is 5.90. The minimum Gasteiger partial charge on any atom is -0.469 e. The number of hydrogen-bond donors (Lipinski definition) is 1. The Balaban J connectivity index is 1.60. The SMILES string of the molecule is COCCn1cc([C@H]2OCC[C@@H]2NCc2ccoc2C)cn1. The van der Waals surface area contributed by atoms with Crippen molar-refractivity contribution in [3.05, 3.63) is 41.6 Å². The van der Waals surface area contributed by atoms with E-state index in [-0.39, 0.29) is 6.10 Å². The molecule has 120 valence electrons. The summed E-state index contributed by atoms with van der Waals surface area (Å²) in [5, 5.41) is 7.95. The number of methoxy groups -OCH3 is 1. The van der Waals surface area contributed by atoms with Gasteiger partial charge >= 0.3 is 0 Å². The zero-order valence-corrected chi connectivity index (χ0v) is 13.1. The number of rotatable bonds is 7. The molecule has 2 aromatic rings. The third-order valence-corrected chi connectivity index (χ3v) is 4.12. The van der Waals surface area contributed by atoms with Crippen LogP contribution in [0.5, 0.6) is 0 Å². The number of ether oxygens (including phenoxy) is 2. The van der Waals surface area contributed by atoms with Crippen molar-refractivity contribution in [2.24, 2.45) is 0 Å². The van der Waals surface area contributed by atoms with E-state index in [1.54, 1.807) is 13.4 Å². The Kier molecular flexibility index (Phi) is 4.92. The van der Waals surface area contributed by atoms with E-state index in [9.17, 15) is 0 Å². The summed E-state index contributed by atoms with van der Waals surface area (Å²) in [6.45, 7) is 4.98. The molecule has 22 heavy (non-hydrogen) atoms. The lowest BCUT2D eigenvalue weighted by Gasteiger charge is -2.18. The van der Waals surface area contributed by atoms with Crippen LogP contribution in [0.15, 0.2) is 29.1 Å². The highest BCUT2D eigenvalue weighted by molar-refractivity contribution is 5.17. The lowest BCUT2D eigenvalue weighted by atomic mass is 10.1. The molecular formula is C16H23N3O3. The van der Waals surface area contributed by atoms with Crippen LogP contribution in [-0.4, -0.2) is 36.1 Å². The standard InChI is InChI=1S/C16H23N3O3/c1-12-13(3-6-21-12)9-17-15-4-7-22-16(15)14-10-18-19(11-14)5-8-20-2/h3,6,10-11,15-17H,4-5,7-9H2,1-2H3/t15-,16+/m0/s1. The number of aromatic nitrogens is 2. The lowest BCUT2D eigenvalue weighted by Crippen LogP contribution is -2.31. The van der Waals surface area contributed by atoms with E-state index in [1.165, 1.54) is 5.56 Å². The highest BCUT2D eigenvalue weighted by atomic mass is 16.5. The van der Waals surface area contributed by atoms with Crippen LogP contribution in [-0.2, 0) is 22.6 Å². The molecule has 1 fully saturated rings. The summed E-state index contributed by atoms with van der Waals surface area (Å²) in [6.07, 6.45) is 6.74. The molecule has 2 atom stereocenters. The smallest absolute Gasteiger partial charge is 0.105 e. The Bertz CT molecular complexity index is 593. The predicted molar refractivity (Wildman–Crippen MR) is 81.5 cm³/mol. The van der Waals surface area contributed by atoms with Crippen LogP contribution in [0.3, 0.4) is 0 Å². The molecule has 1 N–H and O–H groups in total. The average molecular weight is 305 g/mol. The highest BCUT2D eigenvalue weighted by Gasteiger charge is 2.30. The van der Waals surface area contributed by atoms with Gasteiger partial charge < -0.3 is 19.2 Å². The molecule has 3 heterocycles. The fraction of sp³-hybridized carbons (Fsp3) is 0.562. The van der Waals surface area contributed by atoms with Gasteiger partial charge in [0.15, 0.2) is 0 Å². The quantitative estimate of drug-likeness (QED) is 0.848. The summed E-state index contributed by atoms with van der Waals surface area (Å²) in [7, 11) is 1.70. The molecule has 0 radical (unpaired) electrons. The van der Waals surface area contributed by atoms with Crippen LogP contribution in [0.25, 0.3) is 0 Å². The van der Waals surface area contributed by atoms with Gasteiger partial charge in [-0.05, 0) is 19.4 Å². The van der Waals surface area contributed by atoms with Gasteiger partial charge in [0.1, 0.15) is 11.9 Å². The van der Waals surface area contributed by atoms with Crippen molar-refractivity contribution in [2.75, 3.05) is 20.3 Å². The fourth-order valence-electron chi connectivity index (χ4n) is 2.80. The van der Waals surface area contributed by atoms with E-state index < -0.39 is 0 Å². The molecule has 1 saturated heterocycles. The summed E-state index contributed by atoms with van der Waals surface area (Å²) in [5.74, 6) is 0.968.